The third-order valence-corrected chi connectivity index (χ3v) is 3.78. The van der Waals surface area contributed by atoms with E-state index in [1.54, 1.807) is 16.2 Å². The lowest BCUT2D eigenvalue weighted by Crippen LogP contribution is -2.58. The van der Waals surface area contributed by atoms with E-state index >= 15 is 0 Å². The molecular weight excluding hydrogens is 224 g/mol. The molecule has 1 aliphatic rings. The number of nitrogens with two attached hydrogens (primary N) is 1. The monoisotopic (exact) mass is 240 g/mol. The maximum Gasteiger partial charge on any atom is 0.234 e. The summed E-state index contributed by atoms with van der Waals surface area (Å²) in [6.45, 7) is 1.92. The standard InChI is InChI=1S/C11H16N2O2S/c1-13(5-9-3-2-4-16-9)10(14)11(6-12)7-15-8-11/h2-4H,5-8,12H2,1H3. The van der Waals surface area contributed by atoms with E-state index in [9.17, 15) is 4.79 Å². The molecule has 16 heavy (non-hydrogen) atoms. The van der Waals surface area contributed by atoms with E-state index < -0.39 is 5.41 Å². The van der Waals surface area contributed by atoms with Crippen molar-refractivity contribution >= 4 is 17.2 Å². The van der Waals surface area contributed by atoms with Crippen LogP contribution < -0.4 is 5.73 Å². The molecule has 0 bridgehead atoms. The van der Waals surface area contributed by atoms with E-state index in [2.05, 4.69) is 0 Å². The van der Waals surface area contributed by atoms with E-state index in [0.717, 1.165) is 0 Å². The van der Waals surface area contributed by atoms with Crippen molar-refractivity contribution in [2.75, 3.05) is 26.8 Å². The fourth-order valence-electron chi connectivity index (χ4n) is 1.79. The lowest BCUT2D eigenvalue weighted by atomic mass is 9.84. The summed E-state index contributed by atoms with van der Waals surface area (Å²) in [5, 5.41) is 2.01. The fraction of sp³-hybridized carbons (Fsp3) is 0.545. The van der Waals surface area contributed by atoms with Crippen LogP contribution in [0.25, 0.3) is 0 Å². The number of carbonyl (C=O) groups is 1. The molecule has 2 rings (SSSR count). The average Bonchev–Trinajstić information content (AvgIpc) is 2.69. The van der Waals surface area contributed by atoms with Gasteiger partial charge in [0, 0.05) is 18.5 Å². The first-order chi connectivity index (χ1) is 7.68. The average molecular weight is 240 g/mol. The van der Waals surface area contributed by atoms with Crippen molar-refractivity contribution in [3.05, 3.63) is 22.4 Å². The SMILES string of the molecule is CN(Cc1cccs1)C(=O)C1(CN)COC1. The van der Waals surface area contributed by atoms with Crippen molar-refractivity contribution < 1.29 is 9.53 Å². The number of nitrogens with zero attached hydrogens (tertiary/aromatic N) is 1. The minimum atomic E-state index is -0.466. The van der Waals surface area contributed by atoms with Gasteiger partial charge in [-0.25, -0.2) is 0 Å². The number of carbonyl (C=O) groups excluding carboxylic acids is 1. The highest BCUT2D eigenvalue weighted by Crippen LogP contribution is 2.29. The van der Waals surface area contributed by atoms with Gasteiger partial charge < -0.3 is 15.4 Å². The zero-order valence-electron chi connectivity index (χ0n) is 9.31. The predicted octanol–water partition coefficient (Wildman–Crippen LogP) is 0.682. The van der Waals surface area contributed by atoms with Crippen LogP contribution in [-0.4, -0.2) is 37.6 Å². The zero-order valence-corrected chi connectivity index (χ0v) is 10.1. The summed E-state index contributed by atoms with van der Waals surface area (Å²) >= 11 is 1.66. The molecule has 1 saturated heterocycles. The molecule has 1 aromatic heterocycles. The Hall–Kier alpha value is -0.910. The molecule has 1 aromatic rings. The summed E-state index contributed by atoms with van der Waals surface area (Å²) < 4.78 is 5.11. The van der Waals surface area contributed by atoms with Crippen LogP contribution in [0.2, 0.25) is 0 Å². The van der Waals surface area contributed by atoms with Crippen molar-refractivity contribution in [1.29, 1.82) is 0 Å². The van der Waals surface area contributed by atoms with Crippen molar-refractivity contribution in [2.24, 2.45) is 11.1 Å². The fourth-order valence-corrected chi connectivity index (χ4v) is 2.55. The molecule has 0 radical (unpaired) electrons. The maximum absolute atomic E-state index is 12.2. The smallest absolute Gasteiger partial charge is 0.234 e. The van der Waals surface area contributed by atoms with Crippen LogP contribution in [0.4, 0.5) is 0 Å². The zero-order chi connectivity index (χ0) is 11.6. The molecule has 0 atom stereocenters. The molecule has 5 heteroatoms. The lowest BCUT2D eigenvalue weighted by molar-refractivity contribution is -0.169. The second-order valence-corrected chi connectivity index (χ2v) is 5.25. The summed E-state index contributed by atoms with van der Waals surface area (Å²) in [5.41, 5.74) is 5.19. The van der Waals surface area contributed by atoms with Gasteiger partial charge in [0.25, 0.3) is 0 Å². The molecule has 2 heterocycles. The first-order valence-electron chi connectivity index (χ1n) is 5.24. The Kier molecular flexibility index (Phi) is 3.28. The van der Waals surface area contributed by atoms with Gasteiger partial charge in [-0.15, -0.1) is 11.3 Å². The first-order valence-corrected chi connectivity index (χ1v) is 6.12. The van der Waals surface area contributed by atoms with Gasteiger partial charge in [-0.1, -0.05) is 6.07 Å². The van der Waals surface area contributed by atoms with Crippen molar-refractivity contribution in [3.63, 3.8) is 0 Å². The van der Waals surface area contributed by atoms with Crippen molar-refractivity contribution in [3.8, 4) is 0 Å². The summed E-state index contributed by atoms with van der Waals surface area (Å²) in [6, 6.07) is 4.02. The van der Waals surface area contributed by atoms with E-state index in [-0.39, 0.29) is 5.91 Å². The Morgan fingerprint density at radius 1 is 1.69 bits per heavy atom. The maximum atomic E-state index is 12.2. The molecule has 0 spiro atoms. The van der Waals surface area contributed by atoms with Gasteiger partial charge in [-0.05, 0) is 11.4 Å². The van der Waals surface area contributed by atoms with Crippen LogP contribution in [0, 0.1) is 5.41 Å². The first kappa shape index (κ1) is 11.6. The normalized spacial score (nSPS) is 17.9. The Balaban J connectivity index is 1.99. The van der Waals surface area contributed by atoms with Crippen molar-refractivity contribution in [1.82, 2.24) is 4.90 Å². The molecule has 0 aromatic carbocycles. The Labute approximate surface area is 99.0 Å². The van der Waals surface area contributed by atoms with Crippen LogP contribution in [0.1, 0.15) is 4.88 Å². The number of hydrogen-bond acceptors (Lipinski definition) is 4. The summed E-state index contributed by atoms with van der Waals surface area (Å²) in [7, 11) is 1.82. The van der Waals surface area contributed by atoms with Gasteiger partial charge in [-0.2, -0.15) is 0 Å². The minimum absolute atomic E-state index is 0.0923. The largest absolute Gasteiger partial charge is 0.379 e. The van der Waals surface area contributed by atoms with E-state index in [1.165, 1.54) is 4.88 Å². The second-order valence-electron chi connectivity index (χ2n) is 4.22. The van der Waals surface area contributed by atoms with Gasteiger partial charge >= 0.3 is 0 Å². The number of hydrogen-bond donors (Lipinski definition) is 1. The molecule has 0 saturated carbocycles. The molecular formula is C11H16N2O2S. The van der Waals surface area contributed by atoms with Crippen LogP contribution in [-0.2, 0) is 16.1 Å². The van der Waals surface area contributed by atoms with Gasteiger partial charge in [0.15, 0.2) is 0 Å². The van der Waals surface area contributed by atoms with Crippen molar-refractivity contribution in [2.45, 2.75) is 6.54 Å². The molecule has 1 aliphatic heterocycles. The minimum Gasteiger partial charge on any atom is -0.379 e. The summed E-state index contributed by atoms with van der Waals surface area (Å²) in [5.74, 6) is 0.0923. The van der Waals surface area contributed by atoms with Crippen LogP contribution in [0.3, 0.4) is 0 Å². The Morgan fingerprint density at radius 3 is 2.88 bits per heavy atom. The van der Waals surface area contributed by atoms with E-state index in [0.29, 0.717) is 26.3 Å². The molecule has 1 fully saturated rings. The number of rotatable bonds is 4. The molecule has 0 unspecified atom stereocenters. The topological polar surface area (TPSA) is 55.6 Å². The number of thiophene rings is 1. The highest BCUT2D eigenvalue weighted by Gasteiger charge is 2.46. The Morgan fingerprint density at radius 2 is 2.44 bits per heavy atom. The highest BCUT2D eigenvalue weighted by molar-refractivity contribution is 7.09. The molecule has 0 aliphatic carbocycles. The van der Waals surface area contributed by atoms with Gasteiger partial charge in [-0.3, -0.25) is 4.79 Å². The molecule has 1 amide bonds. The Bertz CT molecular complexity index is 355. The number of ether oxygens (including phenoxy) is 1. The van der Waals surface area contributed by atoms with Crippen LogP contribution in [0.5, 0.6) is 0 Å². The van der Waals surface area contributed by atoms with Gasteiger partial charge in [0.05, 0.1) is 19.8 Å². The lowest BCUT2D eigenvalue weighted by Gasteiger charge is -2.41. The quantitative estimate of drug-likeness (QED) is 0.842. The molecule has 88 valence electrons. The van der Waals surface area contributed by atoms with Gasteiger partial charge in [0.2, 0.25) is 5.91 Å². The molecule has 4 nitrogen and oxygen atoms in total. The van der Waals surface area contributed by atoms with E-state index in [4.69, 9.17) is 10.5 Å². The summed E-state index contributed by atoms with van der Waals surface area (Å²) in [4.78, 5) is 15.1. The van der Waals surface area contributed by atoms with Crippen LogP contribution >= 0.6 is 11.3 Å². The highest BCUT2D eigenvalue weighted by atomic mass is 32.1. The number of amides is 1. The third-order valence-electron chi connectivity index (χ3n) is 2.92. The van der Waals surface area contributed by atoms with Crippen LogP contribution in [0.15, 0.2) is 17.5 Å². The third kappa shape index (κ3) is 1.98. The second kappa shape index (κ2) is 4.53. The molecule has 2 N–H and O–H groups in total. The van der Waals surface area contributed by atoms with Gasteiger partial charge in [0.1, 0.15) is 5.41 Å². The summed E-state index contributed by atoms with van der Waals surface area (Å²) in [6.07, 6.45) is 0. The van der Waals surface area contributed by atoms with E-state index in [1.807, 2.05) is 24.6 Å². The predicted molar refractivity (Wildman–Crippen MR) is 63.1 cm³/mol.